The van der Waals surface area contributed by atoms with E-state index in [0.717, 1.165) is 29.4 Å². The predicted octanol–water partition coefficient (Wildman–Crippen LogP) is 1.15. The molecule has 1 aliphatic heterocycles. The van der Waals surface area contributed by atoms with Gasteiger partial charge >= 0.3 is 0 Å². The quantitative estimate of drug-likeness (QED) is 0.885. The average molecular weight is 310 g/mol. The van der Waals surface area contributed by atoms with Crippen LogP contribution in [-0.4, -0.2) is 46.5 Å². The van der Waals surface area contributed by atoms with Gasteiger partial charge in [0.05, 0.1) is 5.92 Å². The molecule has 1 N–H and O–H groups in total. The van der Waals surface area contributed by atoms with E-state index < -0.39 is 0 Å². The van der Waals surface area contributed by atoms with Gasteiger partial charge in [0.15, 0.2) is 0 Å². The summed E-state index contributed by atoms with van der Waals surface area (Å²) in [6.07, 6.45) is 2.98. The number of nitrogens with zero attached hydrogens (tertiary/aromatic N) is 3. The second-order valence-corrected chi connectivity index (χ2v) is 6.55. The summed E-state index contributed by atoms with van der Waals surface area (Å²) in [5, 5.41) is 12.8. The molecule has 6 nitrogen and oxygen atoms in total. The van der Waals surface area contributed by atoms with Gasteiger partial charge in [-0.3, -0.25) is 9.59 Å². The molecular formula is C14H22N4O2S. The molecule has 2 rings (SSSR count). The molecule has 1 atom stereocenters. The van der Waals surface area contributed by atoms with Gasteiger partial charge in [0, 0.05) is 32.5 Å². The fourth-order valence-corrected chi connectivity index (χ4v) is 3.23. The Balaban J connectivity index is 1.76. The van der Waals surface area contributed by atoms with Gasteiger partial charge in [-0.25, -0.2) is 0 Å². The van der Waals surface area contributed by atoms with Gasteiger partial charge in [-0.15, -0.1) is 21.5 Å². The second-order valence-electron chi connectivity index (χ2n) is 5.29. The zero-order chi connectivity index (χ0) is 15.2. The molecule has 1 aromatic heterocycles. The lowest BCUT2D eigenvalue weighted by molar-refractivity contribution is -0.135. The van der Waals surface area contributed by atoms with Crippen molar-refractivity contribution in [2.75, 3.05) is 19.6 Å². The molecule has 116 valence electrons. The Morgan fingerprint density at radius 2 is 2.24 bits per heavy atom. The molecule has 7 heteroatoms. The smallest absolute Gasteiger partial charge is 0.224 e. The highest BCUT2D eigenvalue weighted by molar-refractivity contribution is 7.11. The molecule has 1 fully saturated rings. The number of amides is 2. The molecule has 2 heterocycles. The molecule has 0 aromatic carbocycles. The third-order valence-electron chi connectivity index (χ3n) is 3.65. The minimum Gasteiger partial charge on any atom is -0.355 e. The number of likely N-dealkylation sites (tertiary alicyclic amines) is 1. The maximum atomic E-state index is 12.2. The summed E-state index contributed by atoms with van der Waals surface area (Å²) in [4.78, 5) is 25.7. The van der Waals surface area contributed by atoms with Crippen molar-refractivity contribution >= 4 is 23.2 Å². The van der Waals surface area contributed by atoms with E-state index in [-0.39, 0.29) is 17.7 Å². The number of rotatable bonds is 5. The number of nitrogens with one attached hydrogen (secondary N) is 1. The van der Waals surface area contributed by atoms with Crippen LogP contribution in [0.4, 0.5) is 0 Å². The van der Waals surface area contributed by atoms with Gasteiger partial charge in [0.25, 0.3) is 0 Å². The molecule has 0 saturated carbocycles. The van der Waals surface area contributed by atoms with Gasteiger partial charge in [-0.05, 0) is 19.8 Å². The number of hydrogen-bond acceptors (Lipinski definition) is 5. The molecule has 0 bridgehead atoms. The van der Waals surface area contributed by atoms with Gasteiger partial charge in [0.1, 0.15) is 10.0 Å². The number of aromatic nitrogens is 2. The minimum absolute atomic E-state index is 0.0461. The van der Waals surface area contributed by atoms with E-state index in [1.165, 1.54) is 0 Å². The van der Waals surface area contributed by atoms with Crippen LogP contribution in [0.5, 0.6) is 0 Å². The summed E-state index contributed by atoms with van der Waals surface area (Å²) in [5.41, 5.74) is 0. The summed E-state index contributed by atoms with van der Waals surface area (Å²) in [5.74, 6) is 0.104. The summed E-state index contributed by atoms with van der Waals surface area (Å²) in [6.45, 7) is 5.68. The topological polar surface area (TPSA) is 75.2 Å². The predicted molar refractivity (Wildman–Crippen MR) is 81.0 cm³/mol. The molecule has 21 heavy (non-hydrogen) atoms. The fourth-order valence-electron chi connectivity index (χ4n) is 2.52. The SMILES string of the molecule is CCC(=O)N1CCC[C@@H](C(=O)NCCc2nnc(C)s2)C1. The molecular weight excluding hydrogens is 288 g/mol. The molecule has 0 unspecified atom stereocenters. The van der Waals surface area contributed by atoms with Gasteiger partial charge in [0.2, 0.25) is 11.8 Å². The zero-order valence-corrected chi connectivity index (χ0v) is 13.4. The maximum absolute atomic E-state index is 12.2. The number of piperidine rings is 1. The lowest BCUT2D eigenvalue weighted by Gasteiger charge is -2.31. The van der Waals surface area contributed by atoms with Crippen molar-refractivity contribution in [2.24, 2.45) is 5.92 Å². The zero-order valence-electron chi connectivity index (χ0n) is 12.6. The van der Waals surface area contributed by atoms with E-state index in [0.29, 0.717) is 25.9 Å². The van der Waals surface area contributed by atoms with Crippen LogP contribution in [0.25, 0.3) is 0 Å². The largest absolute Gasteiger partial charge is 0.355 e. The van der Waals surface area contributed by atoms with Crippen molar-refractivity contribution in [3.8, 4) is 0 Å². The molecule has 2 amide bonds. The van der Waals surface area contributed by atoms with Crippen molar-refractivity contribution < 1.29 is 9.59 Å². The van der Waals surface area contributed by atoms with Gasteiger partial charge in [-0.2, -0.15) is 0 Å². The lowest BCUT2D eigenvalue weighted by Crippen LogP contribution is -2.45. The highest BCUT2D eigenvalue weighted by atomic mass is 32.1. The van der Waals surface area contributed by atoms with Gasteiger partial charge in [-0.1, -0.05) is 6.92 Å². The normalized spacial score (nSPS) is 18.6. The maximum Gasteiger partial charge on any atom is 0.224 e. The van der Waals surface area contributed by atoms with E-state index in [1.54, 1.807) is 11.3 Å². The van der Waals surface area contributed by atoms with Crippen LogP contribution >= 0.6 is 11.3 Å². The van der Waals surface area contributed by atoms with Crippen molar-refractivity contribution in [3.63, 3.8) is 0 Å². The first-order valence-corrected chi connectivity index (χ1v) is 8.26. The van der Waals surface area contributed by atoms with Crippen LogP contribution in [0, 0.1) is 12.8 Å². The molecule has 1 aromatic rings. The number of carbonyl (C=O) groups excluding carboxylic acids is 2. The molecule has 0 aliphatic carbocycles. The lowest BCUT2D eigenvalue weighted by atomic mass is 9.97. The van der Waals surface area contributed by atoms with Gasteiger partial charge < -0.3 is 10.2 Å². The van der Waals surface area contributed by atoms with E-state index in [4.69, 9.17) is 0 Å². The van der Waals surface area contributed by atoms with Crippen molar-refractivity contribution in [1.29, 1.82) is 0 Å². The summed E-state index contributed by atoms with van der Waals surface area (Å²) in [6, 6.07) is 0. The molecule has 1 saturated heterocycles. The Morgan fingerprint density at radius 3 is 2.90 bits per heavy atom. The Kier molecular flexibility index (Phi) is 5.67. The highest BCUT2D eigenvalue weighted by Crippen LogP contribution is 2.17. The van der Waals surface area contributed by atoms with E-state index in [9.17, 15) is 9.59 Å². The van der Waals surface area contributed by atoms with Crippen molar-refractivity contribution in [2.45, 2.75) is 39.5 Å². The van der Waals surface area contributed by atoms with Crippen LogP contribution < -0.4 is 5.32 Å². The first kappa shape index (κ1) is 15.9. The van der Waals surface area contributed by atoms with Crippen LogP contribution in [-0.2, 0) is 16.0 Å². The van der Waals surface area contributed by atoms with E-state index in [2.05, 4.69) is 15.5 Å². The third kappa shape index (κ3) is 4.49. The minimum atomic E-state index is -0.0783. The average Bonchev–Trinajstić information content (AvgIpc) is 2.92. The Hall–Kier alpha value is -1.50. The Labute approximate surface area is 128 Å². The number of carbonyl (C=O) groups is 2. The first-order chi connectivity index (χ1) is 10.1. The monoisotopic (exact) mass is 310 g/mol. The number of hydrogen-bond donors (Lipinski definition) is 1. The summed E-state index contributed by atoms with van der Waals surface area (Å²) in [7, 11) is 0. The fraction of sp³-hybridized carbons (Fsp3) is 0.714. The van der Waals surface area contributed by atoms with Crippen molar-refractivity contribution in [3.05, 3.63) is 10.0 Å². The Morgan fingerprint density at radius 1 is 1.43 bits per heavy atom. The molecule has 0 spiro atoms. The number of aryl methyl sites for hydroxylation is 1. The molecule has 1 aliphatic rings. The summed E-state index contributed by atoms with van der Waals surface area (Å²) >= 11 is 1.56. The standard InChI is InChI=1S/C14H22N4O2S/c1-3-13(19)18-8-4-5-11(9-18)14(20)15-7-6-12-17-16-10(2)21-12/h11H,3-9H2,1-2H3,(H,15,20)/t11-/m1/s1. The van der Waals surface area contributed by atoms with Crippen molar-refractivity contribution in [1.82, 2.24) is 20.4 Å². The third-order valence-corrected chi connectivity index (χ3v) is 4.55. The van der Waals surface area contributed by atoms with Crippen LogP contribution in [0.1, 0.15) is 36.2 Å². The van der Waals surface area contributed by atoms with E-state index >= 15 is 0 Å². The van der Waals surface area contributed by atoms with Crippen LogP contribution in [0.3, 0.4) is 0 Å². The first-order valence-electron chi connectivity index (χ1n) is 7.44. The van der Waals surface area contributed by atoms with Crippen LogP contribution in [0.2, 0.25) is 0 Å². The van der Waals surface area contributed by atoms with E-state index in [1.807, 2.05) is 18.7 Å². The second kappa shape index (κ2) is 7.49. The highest BCUT2D eigenvalue weighted by Gasteiger charge is 2.27. The summed E-state index contributed by atoms with van der Waals surface area (Å²) < 4.78 is 0. The molecule has 0 radical (unpaired) electrons. The van der Waals surface area contributed by atoms with Crippen LogP contribution in [0.15, 0.2) is 0 Å². The Bertz CT molecular complexity index is 503.